The highest BCUT2D eigenvalue weighted by Gasteiger charge is 2.53. The van der Waals surface area contributed by atoms with Crippen LogP contribution in [0.15, 0.2) is 12.3 Å². The van der Waals surface area contributed by atoms with E-state index < -0.39 is 24.3 Å². The van der Waals surface area contributed by atoms with Crippen LogP contribution >= 0.6 is 0 Å². The van der Waals surface area contributed by atoms with Gasteiger partial charge >= 0.3 is 7.12 Å². The normalized spacial score (nSPS) is 20.8. The van der Waals surface area contributed by atoms with Crippen molar-refractivity contribution in [3.8, 4) is 0 Å². The number of halogens is 1. The summed E-state index contributed by atoms with van der Waals surface area (Å²) in [6.45, 7) is 7.58. The molecule has 104 valence electrons. The molecule has 0 atom stereocenters. The summed E-state index contributed by atoms with van der Waals surface area (Å²) in [5.74, 6) is -0.607. The Balaban J connectivity index is 2.39. The molecule has 1 aromatic heterocycles. The fourth-order valence-electron chi connectivity index (χ4n) is 2.03. The SMILES string of the molecule is CC1(C)OB(c2c(CCO)ccnc2F)OC1(C)C. The maximum absolute atomic E-state index is 14.0. The van der Waals surface area contributed by atoms with E-state index in [4.69, 9.17) is 14.4 Å². The molecule has 0 aromatic carbocycles. The molecule has 1 saturated heterocycles. The van der Waals surface area contributed by atoms with Crippen molar-refractivity contribution in [2.24, 2.45) is 0 Å². The van der Waals surface area contributed by atoms with Crippen LogP contribution in [0.4, 0.5) is 4.39 Å². The summed E-state index contributed by atoms with van der Waals surface area (Å²) in [5, 5.41) is 9.06. The van der Waals surface area contributed by atoms with Gasteiger partial charge in [0.15, 0.2) is 0 Å². The molecule has 1 aromatic rings. The average Bonchev–Trinajstić information content (AvgIpc) is 2.48. The predicted molar refractivity (Wildman–Crippen MR) is 70.7 cm³/mol. The number of aromatic nitrogens is 1. The summed E-state index contributed by atoms with van der Waals surface area (Å²) < 4.78 is 25.6. The van der Waals surface area contributed by atoms with Crippen LogP contribution in [0.25, 0.3) is 0 Å². The summed E-state index contributed by atoms with van der Waals surface area (Å²) in [7, 11) is -0.791. The number of hydrogen-bond acceptors (Lipinski definition) is 4. The van der Waals surface area contributed by atoms with Gasteiger partial charge in [0.1, 0.15) is 0 Å². The van der Waals surface area contributed by atoms with E-state index in [1.165, 1.54) is 6.20 Å². The molecule has 1 N–H and O–H groups in total. The lowest BCUT2D eigenvalue weighted by molar-refractivity contribution is 0.00578. The van der Waals surface area contributed by atoms with Gasteiger partial charge < -0.3 is 14.4 Å². The van der Waals surface area contributed by atoms with Crippen LogP contribution in [0, 0.1) is 5.95 Å². The van der Waals surface area contributed by atoms with Crippen molar-refractivity contribution in [1.29, 1.82) is 0 Å². The Labute approximate surface area is 113 Å². The zero-order chi connectivity index (χ0) is 14.3. The zero-order valence-corrected chi connectivity index (χ0v) is 11.7. The third kappa shape index (κ3) is 2.52. The fraction of sp³-hybridized carbons (Fsp3) is 0.615. The molecule has 1 fully saturated rings. The van der Waals surface area contributed by atoms with Crippen molar-refractivity contribution >= 4 is 12.6 Å². The minimum atomic E-state index is -0.791. The lowest BCUT2D eigenvalue weighted by Gasteiger charge is -2.32. The van der Waals surface area contributed by atoms with Crippen molar-refractivity contribution in [3.05, 3.63) is 23.8 Å². The second-order valence-electron chi connectivity index (χ2n) is 5.74. The molecular formula is C13H19BFNO3. The van der Waals surface area contributed by atoms with Gasteiger partial charge in [-0.3, -0.25) is 0 Å². The summed E-state index contributed by atoms with van der Waals surface area (Å²) in [4.78, 5) is 3.65. The molecule has 6 heteroatoms. The smallest absolute Gasteiger partial charge is 0.399 e. The van der Waals surface area contributed by atoms with Crippen LogP contribution in [0.5, 0.6) is 0 Å². The minimum absolute atomic E-state index is 0.0596. The number of rotatable bonds is 3. The zero-order valence-electron chi connectivity index (χ0n) is 11.7. The van der Waals surface area contributed by atoms with Crippen LogP contribution in [0.2, 0.25) is 0 Å². The topological polar surface area (TPSA) is 51.6 Å². The molecule has 0 aliphatic carbocycles. The van der Waals surface area contributed by atoms with Gasteiger partial charge in [-0.2, -0.15) is 4.39 Å². The highest BCUT2D eigenvalue weighted by molar-refractivity contribution is 6.62. The Morgan fingerprint density at radius 1 is 1.26 bits per heavy atom. The lowest BCUT2D eigenvalue weighted by atomic mass is 9.76. The third-order valence-corrected chi connectivity index (χ3v) is 3.90. The molecule has 0 amide bonds. The van der Waals surface area contributed by atoms with E-state index >= 15 is 0 Å². The van der Waals surface area contributed by atoms with Gasteiger partial charge in [-0.1, -0.05) is 0 Å². The van der Waals surface area contributed by atoms with Gasteiger partial charge in [-0.05, 0) is 45.7 Å². The third-order valence-electron chi connectivity index (χ3n) is 3.90. The summed E-state index contributed by atoms with van der Waals surface area (Å²) in [6, 6.07) is 1.68. The first kappa shape index (κ1) is 14.4. The van der Waals surface area contributed by atoms with Crippen LogP contribution in [-0.2, 0) is 15.7 Å². The standard InChI is InChI=1S/C13H19BFNO3/c1-12(2)13(3,4)19-14(18-12)10-9(6-8-17)5-7-16-11(10)15/h5,7,17H,6,8H2,1-4H3. The monoisotopic (exact) mass is 267 g/mol. The van der Waals surface area contributed by atoms with Gasteiger partial charge in [0.25, 0.3) is 0 Å². The van der Waals surface area contributed by atoms with E-state index in [-0.39, 0.29) is 12.1 Å². The Kier molecular flexibility index (Phi) is 3.68. The van der Waals surface area contributed by atoms with E-state index in [9.17, 15) is 4.39 Å². The van der Waals surface area contributed by atoms with Crippen molar-refractivity contribution in [1.82, 2.24) is 4.98 Å². The first-order valence-electron chi connectivity index (χ1n) is 6.38. The first-order valence-corrected chi connectivity index (χ1v) is 6.38. The number of pyridine rings is 1. The molecule has 19 heavy (non-hydrogen) atoms. The van der Waals surface area contributed by atoms with Crippen molar-refractivity contribution in [2.45, 2.75) is 45.3 Å². The van der Waals surface area contributed by atoms with Crippen LogP contribution in [0.1, 0.15) is 33.3 Å². The minimum Gasteiger partial charge on any atom is -0.399 e. The van der Waals surface area contributed by atoms with Gasteiger partial charge in [-0.15, -0.1) is 0 Å². The van der Waals surface area contributed by atoms with Gasteiger partial charge in [0, 0.05) is 18.3 Å². The van der Waals surface area contributed by atoms with E-state index in [2.05, 4.69) is 4.98 Å². The Bertz CT molecular complexity index is 463. The quantitative estimate of drug-likeness (QED) is 0.657. The second-order valence-corrected chi connectivity index (χ2v) is 5.74. The molecule has 0 spiro atoms. The van der Waals surface area contributed by atoms with Gasteiger partial charge in [-0.25, -0.2) is 4.98 Å². The van der Waals surface area contributed by atoms with E-state index in [0.29, 0.717) is 12.0 Å². The number of aliphatic hydroxyl groups is 1. The molecule has 2 heterocycles. The second kappa shape index (κ2) is 4.85. The summed E-state index contributed by atoms with van der Waals surface area (Å²) >= 11 is 0. The number of hydrogen-bond donors (Lipinski definition) is 1. The molecule has 0 saturated carbocycles. The highest BCUT2D eigenvalue weighted by atomic mass is 19.1. The molecule has 0 radical (unpaired) electrons. The van der Waals surface area contributed by atoms with Crippen molar-refractivity contribution < 1.29 is 18.8 Å². The van der Waals surface area contributed by atoms with E-state index in [1.807, 2.05) is 27.7 Å². The Morgan fingerprint density at radius 3 is 2.37 bits per heavy atom. The van der Waals surface area contributed by atoms with Crippen LogP contribution < -0.4 is 5.46 Å². The Morgan fingerprint density at radius 2 is 1.84 bits per heavy atom. The van der Waals surface area contributed by atoms with E-state index in [0.717, 1.165) is 0 Å². The summed E-state index contributed by atoms with van der Waals surface area (Å²) in [5.41, 5.74) is -0.115. The lowest BCUT2D eigenvalue weighted by Crippen LogP contribution is -2.41. The maximum Gasteiger partial charge on any atom is 0.499 e. The molecule has 1 aliphatic heterocycles. The van der Waals surface area contributed by atoms with Crippen molar-refractivity contribution in [2.75, 3.05) is 6.61 Å². The van der Waals surface area contributed by atoms with Gasteiger partial charge in [0.2, 0.25) is 5.95 Å². The molecule has 4 nitrogen and oxygen atoms in total. The molecule has 0 unspecified atom stereocenters. The number of nitrogens with zero attached hydrogens (tertiary/aromatic N) is 1. The van der Waals surface area contributed by atoms with Crippen LogP contribution in [0.3, 0.4) is 0 Å². The fourth-order valence-corrected chi connectivity index (χ4v) is 2.03. The van der Waals surface area contributed by atoms with E-state index in [1.54, 1.807) is 6.07 Å². The molecular weight excluding hydrogens is 248 g/mol. The molecule has 0 bridgehead atoms. The maximum atomic E-state index is 14.0. The Hall–Kier alpha value is -0.975. The average molecular weight is 267 g/mol. The number of aliphatic hydroxyl groups excluding tert-OH is 1. The van der Waals surface area contributed by atoms with Gasteiger partial charge in [0.05, 0.1) is 11.2 Å². The highest BCUT2D eigenvalue weighted by Crippen LogP contribution is 2.36. The van der Waals surface area contributed by atoms with Crippen LogP contribution in [-0.4, -0.2) is 35.0 Å². The molecule has 1 aliphatic rings. The summed E-state index contributed by atoms with van der Waals surface area (Å²) in [6.07, 6.45) is 1.73. The first-order chi connectivity index (χ1) is 8.78. The van der Waals surface area contributed by atoms with Crippen molar-refractivity contribution in [3.63, 3.8) is 0 Å². The predicted octanol–water partition coefficient (Wildman–Crippen LogP) is 1.05. The molecule has 2 rings (SSSR count). The largest absolute Gasteiger partial charge is 0.499 e.